The van der Waals surface area contributed by atoms with Gasteiger partial charge >= 0.3 is 0 Å². The zero-order chi connectivity index (χ0) is 21.3. The molecule has 3 amide bonds. The van der Waals surface area contributed by atoms with Crippen LogP contribution < -0.4 is 4.90 Å². The maximum absolute atomic E-state index is 13.1. The minimum Gasteiger partial charge on any atom is -0.339 e. The first-order chi connectivity index (χ1) is 14.4. The Labute approximate surface area is 182 Å². The molecular formula is C22H21BrFN3O3. The van der Waals surface area contributed by atoms with Crippen molar-refractivity contribution in [3.63, 3.8) is 0 Å². The molecule has 0 N–H and O–H groups in total. The summed E-state index contributed by atoms with van der Waals surface area (Å²) in [6.45, 7) is 2.04. The van der Waals surface area contributed by atoms with Crippen molar-refractivity contribution in [3.8, 4) is 0 Å². The Morgan fingerprint density at radius 1 is 0.967 bits per heavy atom. The summed E-state index contributed by atoms with van der Waals surface area (Å²) < 4.78 is 13.9. The van der Waals surface area contributed by atoms with Crippen molar-refractivity contribution in [2.75, 3.05) is 37.6 Å². The quantitative estimate of drug-likeness (QED) is 0.688. The molecule has 0 aliphatic carbocycles. The van der Waals surface area contributed by atoms with Gasteiger partial charge in [0.1, 0.15) is 5.82 Å². The Kier molecular flexibility index (Phi) is 5.85. The molecule has 2 aliphatic rings. The first-order valence-corrected chi connectivity index (χ1v) is 10.6. The minimum atomic E-state index is -0.384. The zero-order valence-electron chi connectivity index (χ0n) is 16.3. The monoisotopic (exact) mass is 473 g/mol. The molecule has 2 fully saturated rings. The SMILES string of the molecule is O=C(c1ccc(F)cc1)N1CCN(C(=O)C2CC(=O)N(c3cccc(Br)c3)C2)CC1. The van der Waals surface area contributed by atoms with Crippen LogP contribution in [0.25, 0.3) is 0 Å². The minimum absolute atomic E-state index is 0.0465. The largest absolute Gasteiger partial charge is 0.339 e. The van der Waals surface area contributed by atoms with Crippen LogP contribution in [0.4, 0.5) is 10.1 Å². The third-order valence-electron chi connectivity index (χ3n) is 5.56. The third-order valence-corrected chi connectivity index (χ3v) is 6.06. The topological polar surface area (TPSA) is 60.9 Å². The summed E-state index contributed by atoms with van der Waals surface area (Å²) in [6.07, 6.45) is 0.195. The molecule has 2 saturated heterocycles. The summed E-state index contributed by atoms with van der Waals surface area (Å²) in [7, 11) is 0. The highest BCUT2D eigenvalue weighted by molar-refractivity contribution is 9.10. The van der Waals surface area contributed by atoms with Crippen molar-refractivity contribution in [1.82, 2.24) is 9.80 Å². The smallest absolute Gasteiger partial charge is 0.253 e. The van der Waals surface area contributed by atoms with Gasteiger partial charge in [0.25, 0.3) is 5.91 Å². The lowest BCUT2D eigenvalue weighted by molar-refractivity contribution is -0.137. The first-order valence-electron chi connectivity index (χ1n) is 9.82. The van der Waals surface area contributed by atoms with Crippen LogP contribution in [0.1, 0.15) is 16.8 Å². The van der Waals surface area contributed by atoms with Crippen LogP contribution in [0.5, 0.6) is 0 Å². The number of carbonyl (C=O) groups is 3. The molecule has 0 radical (unpaired) electrons. The molecule has 2 aromatic rings. The predicted octanol–water partition coefficient (Wildman–Crippen LogP) is 2.93. The number of halogens is 2. The summed E-state index contributed by atoms with van der Waals surface area (Å²) >= 11 is 3.41. The van der Waals surface area contributed by atoms with E-state index in [1.807, 2.05) is 24.3 Å². The highest BCUT2D eigenvalue weighted by Gasteiger charge is 2.38. The van der Waals surface area contributed by atoms with Crippen LogP contribution >= 0.6 is 15.9 Å². The van der Waals surface area contributed by atoms with E-state index in [2.05, 4.69) is 15.9 Å². The second-order valence-corrected chi connectivity index (χ2v) is 8.43. The van der Waals surface area contributed by atoms with E-state index in [0.29, 0.717) is 38.3 Å². The van der Waals surface area contributed by atoms with Crippen LogP contribution in [-0.4, -0.2) is 60.2 Å². The lowest BCUT2D eigenvalue weighted by atomic mass is 10.1. The number of hydrogen-bond acceptors (Lipinski definition) is 3. The second kappa shape index (κ2) is 8.55. The maximum atomic E-state index is 13.1. The Bertz CT molecular complexity index is 974. The number of hydrogen-bond donors (Lipinski definition) is 0. The molecule has 0 aromatic heterocycles. The van der Waals surface area contributed by atoms with E-state index in [4.69, 9.17) is 0 Å². The van der Waals surface area contributed by atoms with E-state index >= 15 is 0 Å². The van der Waals surface area contributed by atoms with Crippen molar-refractivity contribution in [3.05, 3.63) is 64.4 Å². The van der Waals surface area contributed by atoms with Gasteiger partial charge in [-0.3, -0.25) is 14.4 Å². The van der Waals surface area contributed by atoms with Crippen molar-refractivity contribution in [2.45, 2.75) is 6.42 Å². The van der Waals surface area contributed by atoms with Gasteiger partial charge in [-0.2, -0.15) is 0 Å². The molecule has 8 heteroatoms. The van der Waals surface area contributed by atoms with Gasteiger partial charge in [0, 0.05) is 54.9 Å². The molecule has 2 aromatic carbocycles. The summed E-state index contributed by atoms with van der Waals surface area (Å²) in [5, 5.41) is 0. The van der Waals surface area contributed by atoms with Gasteiger partial charge in [-0.05, 0) is 42.5 Å². The van der Waals surface area contributed by atoms with E-state index in [1.165, 1.54) is 24.3 Å². The summed E-state index contributed by atoms with van der Waals surface area (Å²) in [6, 6.07) is 12.9. The molecular weight excluding hydrogens is 453 g/mol. The molecule has 2 aliphatic heterocycles. The fourth-order valence-corrected chi connectivity index (χ4v) is 4.32. The van der Waals surface area contributed by atoms with E-state index in [9.17, 15) is 18.8 Å². The standard InChI is InChI=1S/C22H21BrFN3O3/c23-17-2-1-3-19(13-17)27-14-16(12-20(27)28)22(30)26-10-8-25(9-11-26)21(29)15-4-6-18(24)7-5-15/h1-7,13,16H,8-12,14H2. The summed E-state index contributed by atoms with van der Waals surface area (Å²) in [5.41, 5.74) is 1.21. The van der Waals surface area contributed by atoms with Crippen LogP contribution in [0.3, 0.4) is 0 Å². The lowest BCUT2D eigenvalue weighted by Crippen LogP contribution is -2.52. The molecule has 156 valence electrons. The highest BCUT2D eigenvalue weighted by atomic mass is 79.9. The number of anilines is 1. The molecule has 1 atom stereocenters. The number of carbonyl (C=O) groups excluding carboxylic acids is 3. The Morgan fingerprint density at radius 2 is 1.63 bits per heavy atom. The van der Waals surface area contributed by atoms with E-state index in [0.717, 1.165) is 10.2 Å². The summed E-state index contributed by atoms with van der Waals surface area (Å²) in [5.74, 6) is -1.04. The predicted molar refractivity (Wildman–Crippen MR) is 113 cm³/mol. The van der Waals surface area contributed by atoms with Gasteiger partial charge in [0.15, 0.2) is 0 Å². The normalized spacial score (nSPS) is 19.3. The Balaban J connectivity index is 1.35. The molecule has 1 unspecified atom stereocenters. The van der Waals surface area contributed by atoms with E-state index in [1.54, 1.807) is 14.7 Å². The van der Waals surface area contributed by atoms with Crippen LogP contribution in [0.15, 0.2) is 53.0 Å². The van der Waals surface area contributed by atoms with Crippen LogP contribution in [-0.2, 0) is 9.59 Å². The highest BCUT2D eigenvalue weighted by Crippen LogP contribution is 2.28. The summed E-state index contributed by atoms with van der Waals surface area (Å²) in [4.78, 5) is 43.1. The average molecular weight is 474 g/mol. The maximum Gasteiger partial charge on any atom is 0.253 e. The van der Waals surface area contributed by atoms with E-state index in [-0.39, 0.29) is 35.9 Å². The Hall–Kier alpha value is -2.74. The molecule has 0 saturated carbocycles. The molecule has 0 bridgehead atoms. The van der Waals surface area contributed by atoms with Crippen molar-refractivity contribution in [2.24, 2.45) is 5.92 Å². The number of rotatable bonds is 3. The van der Waals surface area contributed by atoms with Crippen LogP contribution in [0, 0.1) is 11.7 Å². The van der Waals surface area contributed by atoms with Crippen molar-refractivity contribution < 1.29 is 18.8 Å². The Morgan fingerprint density at radius 3 is 2.30 bits per heavy atom. The number of nitrogens with zero attached hydrogens (tertiary/aromatic N) is 3. The zero-order valence-corrected chi connectivity index (χ0v) is 17.8. The average Bonchev–Trinajstić information content (AvgIpc) is 3.15. The number of piperazine rings is 1. The van der Waals surface area contributed by atoms with Gasteiger partial charge in [0.2, 0.25) is 11.8 Å². The van der Waals surface area contributed by atoms with Crippen molar-refractivity contribution >= 4 is 39.3 Å². The van der Waals surface area contributed by atoms with Gasteiger partial charge in [-0.1, -0.05) is 22.0 Å². The number of benzene rings is 2. The number of amides is 3. The first kappa shape index (κ1) is 20.5. The molecule has 30 heavy (non-hydrogen) atoms. The molecule has 4 rings (SSSR count). The van der Waals surface area contributed by atoms with Gasteiger partial charge in [-0.25, -0.2) is 4.39 Å². The fraction of sp³-hybridized carbons (Fsp3) is 0.318. The second-order valence-electron chi connectivity index (χ2n) is 7.51. The van der Waals surface area contributed by atoms with Gasteiger partial charge in [-0.15, -0.1) is 0 Å². The lowest BCUT2D eigenvalue weighted by Gasteiger charge is -2.36. The van der Waals surface area contributed by atoms with Crippen LogP contribution in [0.2, 0.25) is 0 Å². The fourth-order valence-electron chi connectivity index (χ4n) is 3.93. The molecule has 2 heterocycles. The van der Waals surface area contributed by atoms with E-state index < -0.39 is 0 Å². The third kappa shape index (κ3) is 4.23. The molecule has 0 spiro atoms. The van der Waals surface area contributed by atoms with Gasteiger partial charge in [0.05, 0.1) is 5.92 Å². The molecule has 6 nitrogen and oxygen atoms in total. The van der Waals surface area contributed by atoms with Crippen molar-refractivity contribution in [1.29, 1.82) is 0 Å². The van der Waals surface area contributed by atoms with Gasteiger partial charge < -0.3 is 14.7 Å².